The van der Waals surface area contributed by atoms with E-state index in [0.717, 1.165) is 42.3 Å². The van der Waals surface area contributed by atoms with E-state index < -0.39 is 0 Å². The molecule has 1 saturated heterocycles. The van der Waals surface area contributed by atoms with Crippen molar-refractivity contribution in [1.29, 1.82) is 0 Å². The van der Waals surface area contributed by atoms with Gasteiger partial charge in [0.2, 0.25) is 0 Å². The van der Waals surface area contributed by atoms with Gasteiger partial charge in [0.1, 0.15) is 5.65 Å². The van der Waals surface area contributed by atoms with Crippen LogP contribution in [0.1, 0.15) is 12.8 Å². The molecule has 0 bridgehead atoms. The minimum Gasteiger partial charge on any atom is -0.332 e. The van der Waals surface area contributed by atoms with Crippen molar-refractivity contribution >= 4 is 11.0 Å². The number of fused-ring (bicyclic) bond motifs is 1. The van der Waals surface area contributed by atoms with E-state index in [1.165, 1.54) is 18.2 Å². The third kappa shape index (κ3) is 2.45. The van der Waals surface area contributed by atoms with Crippen LogP contribution in [-0.4, -0.2) is 32.8 Å². The quantitative estimate of drug-likeness (QED) is 0.775. The summed E-state index contributed by atoms with van der Waals surface area (Å²) in [5, 5.41) is 11.5. The van der Waals surface area contributed by atoms with E-state index in [4.69, 9.17) is 0 Å². The monoisotopic (exact) mass is 281 g/mol. The van der Waals surface area contributed by atoms with Crippen LogP contribution in [0.2, 0.25) is 0 Å². The van der Waals surface area contributed by atoms with E-state index in [-0.39, 0.29) is 0 Å². The number of aromatic amines is 1. The first kappa shape index (κ1) is 12.6. The summed E-state index contributed by atoms with van der Waals surface area (Å²) >= 11 is 0. The van der Waals surface area contributed by atoms with Gasteiger partial charge in [-0.2, -0.15) is 5.10 Å². The van der Waals surface area contributed by atoms with Crippen molar-refractivity contribution < 1.29 is 0 Å². The molecule has 0 spiro atoms. The molecule has 0 aromatic carbocycles. The summed E-state index contributed by atoms with van der Waals surface area (Å²) in [6, 6.07) is 4.35. The Hall–Kier alpha value is -2.14. The number of hydrogen-bond donors (Lipinski definition) is 2. The largest absolute Gasteiger partial charge is 0.332 e. The fourth-order valence-corrected chi connectivity index (χ4v) is 3.13. The van der Waals surface area contributed by atoms with Crippen molar-refractivity contribution in [3.63, 3.8) is 0 Å². The van der Waals surface area contributed by atoms with Crippen LogP contribution in [-0.2, 0) is 6.54 Å². The van der Waals surface area contributed by atoms with Crippen LogP contribution in [0.25, 0.3) is 22.2 Å². The molecule has 1 aliphatic heterocycles. The van der Waals surface area contributed by atoms with E-state index >= 15 is 0 Å². The zero-order valence-corrected chi connectivity index (χ0v) is 11.9. The van der Waals surface area contributed by atoms with Crippen LogP contribution in [0.3, 0.4) is 0 Å². The third-order valence-electron chi connectivity index (χ3n) is 4.35. The highest BCUT2D eigenvalue weighted by molar-refractivity contribution is 5.81. The molecule has 4 heterocycles. The van der Waals surface area contributed by atoms with Crippen molar-refractivity contribution in [3.8, 4) is 11.1 Å². The molecule has 0 atom stereocenters. The zero-order chi connectivity index (χ0) is 14.1. The first-order valence-corrected chi connectivity index (χ1v) is 7.55. The lowest BCUT2D eigenvalue weighted by atomic mass is 9.98. The Balaban J connectivity index is 1.62. The SMILES string of the molecule is c1n[nH]cc1-c1cnc2c(ccn2CC2CCNCC2)c1. The van der Waals surface area contributed by atoms with E-state index in [1.807, 2.05) is 18.6 Å². The lowest BCUT2D eigenvalue weighted by Crippen LogP contribution is -2.29. The lowest BCUT2D eigenvalue weighted by molar-refractivity contribution is 0.336. The van der Waals surface area contributed by atoms with Gasteiger partial charge in [0.05, 0.1) is 6.20 Å². The summed E-state index contributed by atoms with van der Waals surface area (Å²) in [5.74, 6) is 0.761. The molecule has 3 aromatic heterocycles. The van der Waals surface area contributed by atoms with Crippen LogP contribution in [0.4, 0.5) is 0 Å². The van der Waals surface area contributed by atoms with Gasteiger partial charge in [0.15, 0.2) is 0 Å². The molecule has 0 aliphatic carbocycles. The van der Waals surface area contributed by atoms with Gasteiger partial charge in [-0.25, -0.2) is 4.98 Å². The Morgan fingerprint density at radius 2 is 2.10 bits per heavy atom. The van der Waals surface area contributed by atoms with Gasteiger partial charge in [-0.15, -0.1) is 0 Å². The Labute approximate surface area is 123 Å². The number of piperidine rings is 1. The maximum Gasteiger partial charge on any atom is 0.139 e. The predicted molar refractivity (Wildman–Crippen MR) is 82.9 cm³/mol. The molecule has 0 amide bonds. The molecule has 0 saturated carbocycles. The fourth-order valence-electron chi connectivity index (χ4n) is 3.13. The van der Waals surface area contributed by atoms with E-state index in [1.54, 1.807) is 0 Å². The van der Waals surface area contributed by atoms with Gasteiger partial charge >= 0.3 is 0 Å². The Kier molecular flexibility index (Phi) is 3.20. The van der Waals surface area contributed by atoms with Crippen molar-refractivity contribution in [2.45, 2.75) is 19.4 Å². The van der Waals surface area contributed by atoms with E-state index in [9.17, 15) is 0 Å². The Morgan fingerprint density at radius 1 is 1.19 bits per heavy atom. The molecule has 4 rings (SSSR count). The van der Waals surface area contributed by atoms with Crippen molar-refractivity contribution in [3.05, 3.63) is 36.9 Å². The van der Waals surface area contributed by atoms with Crippen LogP contribution in [0.15, 0.2) is 36.9 Å². The molecule has 0 unspecified atom stereocenters. The Morgan fingerprint density at radius 3 is 2.90 bits per heavy atom. The minimum atomic E-state index is 0.761. The van der Waals surface area contributed by atoms with Crippen molar-refractivity contribution in [1.82, 2.24) is 25.1 Å². The van der Waals surface area contributed by atoms with Gasteiger partial charge < -0.3 is 9.88 Å². The second-order valence-corrected chi connectivity index (χ2v) is 5.79. The average molecular weight is 281 g/mol. The molecule has 5 nitrogen and oxygen atoms in total. The number of H-pyrrole nitrogens is 1. The number of pyridine rings is 1. The first-order chi connectivity index (χ1) is 10.4. The maximum atomic E-state index is 4.67. The predicted octanol–water partition coefficient (Wildman–Crippen LogP) is 2.43. The van der Waals surface area contributed by atoms with Gasteiger partial charge in [0.25, 0.3) is 0 Å². The molecule has 108 valence electrons. The summed E-state index contributed by atoms with van der Waals surface area (Å²) in [4.78, 5) is 4.67. The fraction of sp³-hybridized carbons (Fsp3) is 0.375. The second kappa shape index (κ2) is 5.33. The number of aromatic nitrogens is 4. The Bertz CT molecular complexity index is 722. The van der Waals surface area contributed by atoms with Gasteiger partial charge in [0, 0.05) is 41.6 Å². The molecule has 5 heteroatoms. The highest BCUT2D eigenvalue weighted by Crippen LogP contribution is 2.24. The number of nitrogens with zero attached hydrogens (tertiary/aromatic N) is 3. The lowest BCUT2D eigenvalue weighted by Gasteiger charge is -2.23. The summed E-state index contributed by atoms with van der Waals surface area (Å²) < 4.78 is 2.30. The van der Waals surface area contributed by atoms with E-state index in [0.29, 0.717) is 0 Å². The van der Waals surface area contributed by atoms with Gasteiger partial charge in [-0.3, -0.25) is 5.10 Å². The first-order valence-electron chi connectivity index (χ1n) is 7.55. The minimum absolute atomic E-state index is 0.761. The van der Waals surface area contributed by atoms with E-state index in [2.05, 4.69) is 43.4 Å². The normalized spacial score (nSPS) is 16.6. The molecule has 3 aromatic rings. The molecule has 1 aliphatic rings. The summed E-state index contributed by atoms with van der Waals surface area (Å²) in [5.41, 5.74) is 3.27. The number of hydrogen-bond acceptors (Lipinski definition) is 3. The topological polar surface area (TPSA) is 58.5 Å². The molecule has 2 N–H and O–H groups in total. The number of rotatable bonds is 3. The molecule has 21 heavy (non-hydrogen) atoms. The van der Waals surface area contributed by atoms with Crippen LogP contribution < -0.4 is 5.32 Å². The molecular weight excluding hydrogens is 262 g/mol. The van der Waals surface area contributed by atoms with Gasteiger partial charge in [-0.1, -0.05) is 0 Å². The average Bonchev–Trinajstić information content (AvgIpc) is 3.18. The standard InChI is InChI=1S/C16H19N5/c1-4-17-5-2-12(1)11-21-6-3-13-7-14(8-18-16(13)21)15-9-19-20-10-15/h3,6-10,12,17H,1-2,4-5,11H2,(H,19,20). The summed E-state index contributed by atoms with van der Waals surface area (Å²) in [7, 11) is 0. The smallest absolute Gasteiger partial charge is 0.139 e. The van der Waals surface area contributed by atoms with Crippen molar-refractivity contribution in [2.24, 2.45) is 5.92 Å². The third-order valence-corrected chi connectivity index (χ3v) is 4.35. The molecule has 0 radical (unpaired) electrons. The number of nitrogens with one attached hydrogen (secondary N) is 2. The summed E-state index contributed by atoms with van der Waals surface area (Å²) in [6.07, 6.45) is 10.3. The van der Waals surface area contributed by atoms with Crippen LogP contribution in [0, 0.1) is 5.92 Å². The molecular formula is C16H19N5. The van der Waals surface area contributed by atoms with Crippen LogP contribution >= 0.6 is 0 Å². The van der Waals surface area contributed by atoms with Gasteiger partial charge in [-0.05, 0) is 44.0 Å². The summed E-state index contributed by atoms with van der Waals surface area (Å²) in [6.45, 7) is 3.35. The highest BCUT2D eigenvalue weighted by atomic mass is 15.1. The van der Waals surface area contributed by atoms with Crippen molar-refractivity contribution in [2.75, 3.05) is 13.1 Å². The van der Waals surface area contributed by atoms with Crippen LogP contribution in [0.5, 0.6) is 0 Å². The maximum absolute atomic E-state index is 4.67. The second-order valence-electron chi connectivity index (χ2n) is 5.79. The zero-order valence-electron chi connectivity index (χ0n) is 11.9. The molecule has 1 fully saturated rings. The highest BCUT2D eigenvalue weighted by Gasteiger charge is 2.15.